The van der Waals surface area contributed by atoms with Crippen LogP contribution in [0.5, 0.6) is 5.75 Å². The third kappa shape index (κ3) is 10.8. The molecule has 2 aromatic carbocycles. The van der Waals surface area contributed by atoms with Gasteiger partial charge in [-0.1, -0.05) is 18.2 Å². The second kappa shape index (κ2) is 10.0. The van der Waals surface area contributed by atoms with Crippen molar-refractivity contribution in [2.45, 2.75) is 5.92 Å². The van der Waals surface area contributed by atoms with Crippen LogP contribution in [0.15, 0.2) is 60.7 Å². The fourth-order valence-electron chi connectivity index (χ4n) is 1.05. The van der Waals surface area contributed by atoms with Gasteiger partial charge in [-0.3, -0.25) is 6.92 Å². The molecule has 0 aliphatic heterocycles. The molecule has 0 fully saturated rings. The maximum atomic E-state index is 12.2. The molecule has 0 N–H and O–H groups in total. The van der Waals surface area contributed by atoms with E-state index in [4.69, 9.17) is 4.74 Å². The summed E-state index contributed by atoms with van der Waals surface area (Å²) >= 11 is 0. The average Bonchev–Trinajstić information content (AvgIpc) is 2.40. The van der Waals surface area contributed by atoms with Gasteiger partial charge in [-0.05, 0) is 12.1 Å². The maximum absolute atomic E-state index is 12.2. The van der Waals surface area contributed by atoms with E-state index in [1.807, 2.05) is 30.3 Å². The first-order chi connectivity index (χ1) is 8.58. The SMILES string of the molecule is [CH2-]C(F)(F)COc1ccccc1.[Y].[c-]1ccccc1. The Kier molecular flexibility index (Phi) is 9.63. The number of alkyl halides is 2. The molecule has 0 saturated carbocycles. The van der Waals surface area contributed by atoms with Crippen molar-refractivity contribution in [3.8, 4) is 5.75 Å². The summed E-state index contributed by atoms with van der Waals surface area (Å²) in [5.74, 6) is -2.59. The van der Waals surface area contributed by atoms with Crippen molar-refractivity contribution in [1.82, 2.24) is 0 Å². The van der Waals surface area contributed by atoms with Crippen LogP contribution < -0.4 is 4.74 Å². The zero-order valence-electron chi connectivity index (χ0n) is 10.4. The van der Waals surface area contributed by atoms with Crippen molar-refractivity contribution in [3.63, 3.8) is 0 Å². The van der Waals surface area contributed by atoms with E-state index in [0.717, 1.165) is 0 Å². The third-order valence-electron chi connectivity index (χ3n) is 1.80. The van der Waals surface area contributed by atoms with Gasteiger partial charge in [0.15, 0.2) is 5.92 Å². The predicted octanol–water partition coefficient (Wildman–Crippen LogP) is 4.02. The molecule has 0 atom stereocenters. The Morgan fingerprint density at radius 3 is 1.89 bits per heavy atom. The van der Waals surface area contributed by atoms with Crippen molar-refractivity contribution in [2.75, 3.05) is 6.61 Å². The second-order valence-electron chi connectivity index (χ2n) is 3.54. The summed E-state index contributed by atoms with van der Waals surface area (Å²) in [5.41, 5.74) is 0. The van der Waals surface area contributed by atoms with Crippen molar-refractivity contribution in [1.29, 1.82) is 0 Å². The zero-order chi connectivity index (χ0) is 13.3. The number of rotatable bonds is 3. The van der Waals surface area contributed by atoms with Crippen LogP contribution in [0.4, 0.5) is 8.78 Å². The van der Waals surface area contributed by atoms with Crippen molar-refractivity contribution in [3.05, 3.63) is 73.7 Å². The van der Waals surface area contributed by atoms with Crippen LogP contribution in [0.3, 0.4) is 0 Å². The summed E-state index contributed by atoms with van der Waals surface area (Å²) < 4.78 is 29.1. The molecular weight excluding hydrogens is 323 g/mol. The molecule has 4 heteroatoms. The molecule has 0 unspecified atom stereocenters. The topological polar surface area (TPSA) is 9.23 Å². The molecule has 0 bridgehead atoms. The normalized spacial score (nSPS) is 9.63. The Bertz CT molecular complexity index is 388. The fourth-order valence-corrected chi connectivity index (χ4v) is 1.05. The Balaban J connectivity index is 0.000000392. The Labute approximate surface area is 137 Å². The molecule has 19 heavy (non-hydrogen) atoms. The molecule has 1 radical (unpaired) electrons. The molecule has 0 aliphatic rings. The number of hydrogen-bond acceptors (Lipinski definition) is 1. The van der Waals surface area contributed by atoms with Gasteiger partial charge in [0, 0.05) is 32.7 Å². The summed E-state index contributed by atoms with van der Waals surface area (Å²) in [7, 11) is 0. The van der Waals surface area contributed by atoms with Crippen LogP contribution in [0.25, 0.3) is 0 Å². The first-order valence-corrected chi connectivity index (χ1v) is 5.40. The van der Waals surface area contributed by atoms with Gasteiger partial charge in [0.2, 0.25) is 0 Å². The van der Waals surface area contributed by atoms with Gasteiger partial charge in [0.25, 0.3) is 0 Å². The van der Waals surface area contributed by atoms with Gasteiger partial charge in [-0.15, -0.1) is 0 Å². The quantitative estimate of drug-likeness (QED) is 0.769. The van der Waals surface area contributed by atoms with Crippen LogP contribution in [-0.2, 0) is 32.7 Å². The van der Waals surface area contributed by atoms with E-state index in [2.05, 4.69) is 13.0 Å². The van der Waals surface area contributed by atoms with E-state index < -0.39 is 12.5 Å². The van der Waals surface area contributed by atoms with Crippen LogP contribution in [0, 0.1) is 13.0 Å². The molecule has 0 heterocycles. The van der Waals surface area contributed by atoms with Crippen LogP contribution in [0.1, 0.15) is 0 Å². The Hall–Kier alpha value is -0.796. The molecule has 0 aromatic heterocycles. The molecule has 2 rings (SSSR count). The van der Waals surface area contributed by atoms with E-state index in [0.29, 0.717) is 5.75 Å². The second-order valence-corrected chi connectivity index (χ2v) is 3.54. The van der Waals surface area contributed by atoms with E-state index in [1.54, 1.807) is 30.3 Å². The zero-order valence-corrected chi connectivity index (χ0v) is 13.3. The number of benzene rings is 2. The molecule has 0 spiro atoms. The van der Waals surface area contributed by atoms with Gasteiger partial charge in [-0.2, -0.15) is 36.4 Å². The van der Waals surface area contributed by atoms with Crippen LogP contribution in [0.2, 0.25) is 0 Å². The smallest absolute Gasteiger partial charge is 0.163 e. The van der Waals surface area contributed by atoms with E-state index in [1.165, 1.54) is 0 Å². The summed E-state index contributed by atoms with van der Waals surface area (Å²) in [6.45, 7) is 1.94. The molecule has 0 amide bonds. The average molecular weight is 337 g/mol. The first kappa shape index (κ1) is 18.2. The molecule has 99 valence electrons. The fraction of sp³-hybridized carbons (Fsp3) is 0.133. The molecule has 0 saturated heterocycles. The van der Waals surface area contributed by atoms with Crippen LogP contribution >= 0.6 is 0 Å². The number of para-hydroxylation sites is 1. The van der Waals surface area contributed by atoms with Crippen molar-refractivity contribution >= 4 is 0 Å². The summed E-state index contributed by atoms with van der Waals surface area (Å²) in [5, 5.41) is 0. The number of halogens is 2. The van der Waals surface area contributed by atoms with E-state index in [9.17, 15) is 8.78 Å². The Morgan fingerprint density at radius 2 is 1.53 bits per heavy atom. The maximum Gasteiger partial charge on any atom is 0.163 e. The largest absolute Gasteiger partial charge is 0.490 e. The number of ether oxygens (including phenoxy) is 1. The molecule has 0 aliphatic carbocycles. The third-order valence-corrected chi connectivity index (χ3v) is 1.80. The van der Waals surface area contributed by atoms with Gasteiger partial charge in [0.05, 0.1) is 0 Å². The minimum Gasteiger partial charge on any atom is -0.490 e. The summed E-state index contributed by atoms with van der Waals surface area (Å²) in [6.07, 6.45) is 0. The van der Waals surface area contributed by atoms with Gasteiger partial charge >= 0.3 is 0 Å². The standard InChI is InChI=1S/C9H9F2O.C6H5.Y/c1-9(10,11)7-12-8-5-3-2-4-6-8;1-2-4-6-5-3-1;/h2-6H,1,7H2;1-5H;/q2*-1;. The van der Waals surface area contributed by atoms with Gasteiger partial charge in [0.1, 0.15) is 12.4 Å². The first-order valence-electron chi connectivity index (χ1n) is 5.40. The summed E-state index contributed by atoms with van der Waals surface area (Å²) in [4.78, 5) is 0. The monoisotopic (exact) mass is 337 g/mol. The van der Waals surface area contributed by atoms with Crippen LogP contribution in [-0.4, -0.2) is 12.5 Å². The minimum absolute atomic E-state index is 0. The minimum atomic E-state index is -3.02. The molecule has 2 aromatic rings. The van der Waals surface area contributed by atoms with Gasteiger partial charge < -0.3 is 4.74 Å². The van der Waals surface area contributed by atoms with Crippen molar-refractivity contribution < 1.29 is 46.2 Å². The Morgan fingerprint density at radius 1 is 1.00 bits per heavy atom. The number of hydrogen-bond donors (Lipinski definition) is 0. The van der Waals surface area contributed by atoms with E-state index >= 15 is 0 Å². The van der Waals surface area contributed by atoms with Gasteiger partial charge in [-0.25, -0.2) is 8.78 Å². The molecule has 1 nitrogen and oxygen atoms in total. The summed E-state index contributed by atoms with van der Waals surface area (Å²) in [6, 6.07) is 21.0. The van der Waals surface area contributed by atoms with E-state index in [-0.39, 0.29) is 32.7 Å². The molecular formula is C15H14F2OY-2. The van der Waals surface area contributed by atoms with Crippen molar-refractivity contribution in [2.24, 2.45) is 0 Å². The predicted molar refractivity (Wildman–Crippen MR) is 67.5 cm³/mol.